The first-order valence-electron chi connectivity index (χ1n) is 2.52. The number of alkyl halides is 2. The van der Waals surface area contributed by atoms with Crippen molar-refractivity contribution in [1.29, 1.82) is 0 Å². The van der Waals surface area contributed by atoms with Gasteiger partial charge in [-0.25, -0.2) is 4.39 Å². The van der Waals surface area contributed by atoms with Crippen LogP contribution in [-0.4, -0.2) is 10.1 Å². The lowest BCUT2D eigenvalue weighted by molar-refractivity contribution is 0.0947. The van der Waals surface area contributed by atoms with Gasteiger partial charge < -0.3 is 0 Å². The minimum atomic E-state index is -0.749. The Morgan fingerprint density at radius 3 is 2.14 bits per heavy atom. The Balaban J connectivity index is 2.29. The van der Waals surface area contributed by atoms with Crippen LogP contribution in [0.1, 0.15) is 19.3 Å². The fourth-order valence-electron chi connectivity index (χ4n) is 0.694. The highest BCUT2D eigenvalue weighted by Gasteiger charge is 2.35. The van der Waals surface area contributed by atoms with E-state index < -0.39 is 5.67 Å². The van der Waals surface area contributed by atoms with Crippen LogP contribution in [0.2, 0.25) is 0 Å². The first-order chi connectivity index (χ1) is 3.27. The van der Waals surface area contributed by atoms with Gasteiger partial charge >= 0.3 is 0 Å². The maximum absolute atomic E-state index is 12.6. The molecule has 7 heavy (non-hydrogen) atoms. The summed E-state index contributed by atoms with van der Waals surface area (Å²) >= 11 is 2.11. The summed E-state index contributed by atoms with van der Waals surface area (Å²) < 4.78 is 13.3. The Kier molecular flexibility index (Phi) is 1.55. The minimum absolute atomic E-state index is 0.685. The molecule has 1 fully saturated rings. The average Bonchev–Trinajstić information content (AvgIpc) is 1.61. The molecule has 0 spiro atoms. The van der Waals surface area contributed by atoms with Crippen molar-refractivity contribution in [2.75, 3.05) is 4.43 Å². The lowest BCUT2D eigenvalue weighted by Gasteiger charge is -2.31. The van der Waals surface area contributed by atoms with E-state index in [4.69, 9.17) is 0 Å². The third kappa shape index (κ3) is 1.06. The molecule has 0 nitrogen and oxygen atoms in total. The van der Waals surface area contributed by atoms with E-state index in [1.807, 2.05) is 0 Å². The van der Waals surface area contributed by atoms with Crippen LogP contribution in [0.5, 0.6) is 0 Å². The zero-order chi connectivity index (χ0) is 5.33. The van der Waals surface area contributed by atoms with Crippen molar-refractivity contribution >= 4 is 22.6 Å². The van der Waals surface area contributed by atoms with E-state index in [0.717, 1.165) is 19.3 Å². The zero-order valence-electron chi connectivity index (χ0n) is 4.08. The molecule has 0 aromatic heterocycles. The van der Waals surface area contributed by atoms with Crippen molar-refractivity contribution in [3.8, 4) is 0 Å². The summed E-state index contributed by atoms with van der Waals surface area (Å²) in [5.74, 6) is 0. The van der Waals surface area contributed by atoms with Crippen LogP contribution >= 0.6 is 22.6 Å². The molecule has 0 unspecified atom stereocenters. The van der Waals surface area contributed by atoms with Gasteiger partial charge in [-0.05, 0) is 19.3 Å². The van der Waals surface area contributed by atoms with E-state index in [2.05, 4.69) is 22.6 Å². The summed E-state index contributed by atoms with van der Waals surface area (Å²) in [5, 5.41) is 0. The van der Waals surface area contributed by atoms with Crippen LogP contribution in [-0.2, 0) is 0 Å². The maximum Gasteiger partial charge on any atom is 0.120 e. The average molecular weight is 214 g/mol. The molecule has 1 aliphatic carbocycles. The summed E-state index contributed by atoms with van der Waals surface area (Å²) in [7, 11) is 0. The van der Waals surface area contributed by atoms with Crippen LogP contribution in [0.3, 0.4) is 0 Å². The van der Waals surface area contributed by atoms with E-state index in [0.29, 0.717) is 4.43 Å². The standard InChI is InChI=1S/C5H8FI/c6-5(4-7)2-1-3-5/h1-4H2. The summed E-state index contributed by atoms with van der Waals surface area (Å²) in [6, 6.07) is 0. The van der Waals surface area contributed by atoms with Gasteiger partial charge in [-0.1, -0.05) is 22.6 Å². The van der Waals surface area contributed by atoms with Gasteiger partial charge in [0.2, 0.25) is 0 Å². The summed E-state index contributed by atoms with van der Waals surface area (Å²) in [6.45, 7) is 0. The first-order valence-corrected chi connectivity index (χ1v) is 4.04. The van der Waals surface area contributed by atoms with Gasteiger partial charge in [0.15, 0.2) is 0 Å². The fraction of sp³-hybridized carbons (Fsp3) is 1.00. The predicted octanol–water partition coefficient (Wildman–Crippen LogP) is 2.31. The van der Waals surface area contributed by atoms with Crippen molar-refractivity contribution in [1.82, 2.24) is 0 Å². The van der Waals surface area contributed by atoms with E-state index in [1.165, 1.54) is 0 Å². The van der Waals surface area contributed by atoms with Gasteiger partial charge in [-0.15, -0.1) is 0 Å². The maximum atomic E-state index is 12.6. The molecule has 0 aliphatic heterocycles. The summed E-state index contributed by atoms with van der Waals surface area (Å²) in [4.78, 5) is 0. The highest BCUT2D eigenvalue weighted by Crippen LogP contribution is 2.36. The fourth-order valence-corrected chi connectivity index (χ4v) is 1.46. The van der Waals surface area contributed by atoms with Crippen LogP contribution in [0.4, 0.5) is 4.39 Å². The van der Waals surface area contributed by atoms with Crippen LogP contribution in [0.15, 0.2) is 0 Å². The summed E-state index contributed by atoms with van der Waals surface area (Å²) in [6.07, 6.45) is 2.70. The number of hydrogen-bond donors (Lipinski definition) is 0. The molecule has 42 valence electrons. The Labute approximate surface area is 56.6 Å². The second kappa shape index (κ2) is 1.88. The van der Waals surface area contributed by atoms with Gasteiger partial charge in [0.25, 0.3) is 0 Å². The predicted molar refractivity (Wildman–Crippen MR) is 36.6 cm³/mol. The molecular weight excluding hydrogens is 206 g/mol. The molecule has 0 heterocycles. The highest BCUT2D eigenvalue weighted by atomic mass is 127. The molecule has 1 saturated carbocycles. The molecule has 0 amide bonds. The summed E-state index contributed by atoms with van der Waals surface area (Å²) in [5.41, 5.74) is -0.749. The number of hydrogen-bond acceptors (Lipinski definition) is 0. The number of rotatable bonds is 1. The van der Waals surface area contributed by atoms with Crippen LogP contribution < -0.4 is 0 Å². The van der Waals surface area contributed by atoms with Crippen LogP contribution in [0, 0.1) is 0 Å². The van der Waals surface area contributed by atoms with Crippen molar-refractivity contribution in [3.05, 3.63) is 0 Å². The molecule has 1 aliphatic rings. The first kappa shape index (κ1) is 5.79. The van der Waals surface area contributed by atoms with E-state index >= 15 is 0 Å². The minimum Gasteiger partial charge on any atom is -0.243 e. The Hall–Kier alpha value is 0.660. The molecule has 2 heteroatoms. The molecule has 0 N–H and O–H groups in total. The largest absolute Gasteiger partial charge is 0.243 e. The molecule has 0 atom stereocenters. The van der Waals surface area contributed by atoms with Gasteiger partial charge in [0.1, 0.15) is 5.67 Å². The molecular formula is C5H8FI. The molecule has 0 aromatic rings. The molecule has 1 rings (SSSR count). The second-order valence-electron chi connectivity index (χ2n) is 2.14. The normalized spacial score (nSPS) is 26.6. The van der Waals surface area contributed by atoms with Gasteiger partial charge in [0, 0.05) is 4.43 Å². The van der Waals surface area contributed by atoms with Gasteiger partial charge in [0.05, 0.1) is 0 Å². The van der Waals surface area contributed by atoms with E-state index in [1.54, 1.807) is 0 Å². The van der Waals surface area contributed by atoms with E-state index in [9.17, 15) is 4.39 Å². The Morgan fingerprint density at radius 2 is 2.14 bits per heavy atom. The lowest BCUT2D eigenvalue weighted by atomic mass is 9.84. The second-order valence-corrected chi connectivity index (χ2v) is 2.90. The van der Waals surface area contributed by atoms with Crippen molar-refractivity contribution in [3.63, 3.8) is 0 Å². The smallest absolute Gasteiger partial charge is 0.120 e. The molecule has 0 saturated heterocycles. The lowest BCUT2D eigenvalue weighted by Crippen LogP contribution is -2.32. The van der Waals surface area contributed by atoms with Crippen molar-refractivity contribution in [2.45, 2.75) is 24.9 Å². The monoisotopic (exact) mass is 214 g/mol. The van der Waals surface area contributed by atoms with Gasteiger partial charge in [-0.3, -0.25) is 0 Å². The van der Waals surface area contributed by atoms with E-state index in [-0.39, 0.29) is 0 Å². The SMILES string of the molecule is FC1(CI)CCC1. The van der Waals surface area contributed by atoms with Crippen LogP contribution in [0.25, 0.3) is 0 Å². The Morgan fingerprint density at radius 1 is 1.57 bits per heavy atom. The molecule has 0 aromatic carbocycles. The zero-order valence-corrected chi connectivity index (χ0v) is 6.24. The Bertz CT molecular complexity index is 63.0. The molecule has 0 radical (unpaired) electrons. The van der Waals surface area contributed by atoms with Crippen molar-refractivity contribution < 1.29 is 4.39 Å². The topological polar surface area (TPSA) is 0 Å². The van der Waals surface area contributed by atoms with Crippen molar-refractivity contribution in [2.24, 2.45) is 0 Å². The third-order valence-corrected chi connectivity index (χ3v) is 2.86. The molecule has 0 bridgehead atoms. The number of halogens is 2. The van der Waals surface area contributed by atoms with Gasteiger partial charge in [-0.2, -0.15) is 0 Å². The quantitative estimate of drug-likeness (QED) is 0.464. The third-order valence-electron chi connectivity index (χ3n) is 1.49. The highest BCUT2D eigenvalue weighted by molar-refractivity contribution is 14.1.